The monoisotopic (exact) mass is 250 g/mol. The van der Waals surface area contributed by atoms with Gasteiger partial charge in [-0.1, -0.05) is 0 Å². The molecule has 0 saturated carbocycles. The van der Waals surface area contributed by atoms with Gasteiger partial charge in [0, 0.05) is 37.6 Å². The van der Waals surface area contributed by atoms with Crippen molar-refractivity contribution in [2.45, 2.75) is 12.8 Å². The van der Waals surface area contributed by atoms with E-state index in [0.717, 1.165) is 52.6 Å². The third kappa shape index (κ3) is 2.70. The van der Waals surface area contributed by atoms with Gasteiger partial charge >= 0.3 is 0 Å². The number of allylic oxidation sites excluding steroid dienone is 4. The highest BCUT2D eigenvalue weighted by Gasteiger charge is 2.19. The molecule has 2 saturated heterocycles. The van der Waals surface area contributed by atoms with E-state index in [1.807, 2.05) is 0 Å². The molecule has 0 aromatic heterocycles. The molecule has 0 bridgehead atoms. The average molecular weight is 250 g/mol. The lowest BCUT2D eigenvalue weighted by atomic mass is 10.0. The molecule has 0 spiro atoms. The third-order valence-electron chi connectivity index (χ3n) is 3.94. The second-order valence-corrected chi connectivity index (χ2v) is 5.01. The summed E-state index contributed by atoms with van der Waals surface area (Å²) in [7, 11) is 0. The molecular weight excluding hydrogens is 228 g/mol. The Hall–Kier alpha value is -1.00. The molecule has 2 fully saturated rings. The molecule has 2 heterocycles. The normalized spacial score (nSPS) is 25.8. The molecule has 0 aromatic carbocycles. The van der Waals surface area contributed by atoms with Crippen LogP contribution in [0.5, 0.6) is 0 Å². The molecule has 18 heavy (non-hydrogen) atoms. The molecule has 3 rings (SSSR count). The summed E-state index contributed by atoms with van der Waals surface area (Å²) in [6, 6.07) is 0. The molecule has 4 nitrogen and oxygen atoms in total. The first kappa shape index (κ1) is 12.1. The first-order valence-corrected chi connectivity index (χ1v) is 6.98. The molecule has 1 aliphatic carbocycles. The fourth-order valence-electron chi connectivity index (χ4n) is 2.84. The zero-order chi connectivity index (χ0) is 12.2. The largest absolute Gasteiger partial charge is 0.378 e. The molecule has 2 aliphatic heterocycles. The second-order valence-electron chi connectivity index (χ2n) is 5.01. The lowest BCUT2D eigenvalue weighted by molar-refractivity contribution is 0.0476. The van der Waals surface area contributed by atoms with Crippen LogP contribution in [0.3, 0.4) is 0 Å². The van der Waals surface area contributed by atoms with Crippen LogP contribution in [0.1, 0.15) is 12.8 Å². The van der Waals surface area contributed by atoms with Gasteiger partial charge in [0.15, 0.2) is 0 Å². The molecule has 4 heteroatoms. The summed E-state index contributed by atoms with van der Waals surface area (Å²) in [6.45, 7) is 7.68. The zero-order valence-corrected chi connectivity index (χ0v) is 10.9. The van der Waals surface area contributed by atoms with Crippen LogP contribution in [0.4, 0.5) is 0 Å². The fourth-order valence-corrected chi connectivity index (χ4v) is 2.84. The van der Waals surface area contributed by atoms with Crippen LogP contribution in [0.15, 0.2) is 23.5 Å². The van der Waals surface area contributed by atoms with E-state index in [1.165, 1.54) is 24.2 Å². The van der Waals surface area contributed by atoms with E-state index in [1.54, 1.807) is 0 Å². The van der Waals surface area contributed by atoms with Crippen molar-refractivity contribution in [3.8, 4) is 0 Å². The summed E-state index contributed by atoms with van der Waals surface area (Å²) < 4.78 is 10.8. The van der Waals surface area contributed by atoms with Gasteiger partial charge in [-0.3, -0.25) is 0 Å². The van der Waals surface area contributed by atoms with Gasteiger partial charge in [0.05, 0.1) is 26.4 Å². The van der Waals surface area contributed by atoms with E-state index < -0.39 is 0 Å². The maximum atomic E-state index is 5.40. The Labute approximate surface area is 109 Å². The zero-order valence-electron chi connectivity index (χ0n) is 10.9. The Kier molecular flexibility index (Phi) is 3.86. The second kappa shape index (κ2) is 5.76. The van der Waals surface area contributed by atoms with Crippen molar-refractivity contribution in [2.24, 2.45) is 0 Å². The van der Waals surface area contributed by atoms with Gasteiger partial charge in [-0.2, -0.15) is 0 Å². The highest BCUT2D eigenvalue weighted by molar-refractivity contribution is 5.23. The van der Waals surface area contributed by atoms with Gasteiger partial charge in [-0.15, -0.1) is 0 Å². The molecule has 0 N–H and O–H groups in total. The summed E-state index contributed by atoms with van der Waals surface area (Å²) in [6.07, 6.45) is 6.95. The Morgan fingerprint density at radius 3 is 1.39 bits per heavy atom. The average Bonchev–Trinajstić information content (AvgIpc) is 2.49. The Balaban J connectivity index is 1.62. The van der Waals surface area contributed by atoms with Crippen LogP contribution in [0.2, 0.25) is 0 Å². The number of hydrogen-bond donors (Lipinski definition) is 0. The molecule has 0 radical (unpaired) electrons. The van der Waals surface area contributed by atoms with Crippen LogP contribution in [-0.4, -0.2) is 62.4 Å². The smallest absolute Gasteiger partial charge is 0.0642 e. The molecule has 0 amide bonds. The van der Waals surface area contributed by atoms with E-state index in [0.29, 0.717) is 0 Å². The van der Waals surface area contributed by atoms with Crippen LogP contribution >= 0.6 is 0 Å². The number of hydrogen-bond acceptors (Lipinski definition) is 4. The van der Waals surface area contributed by atoms with E-state index >= 15 is 0 Å². The molecule has 3 aliphatic rings. The van der Waals surface area contributed by atoms with Crippen molar-refractivity contribution >= 4 is 0 Å². The number of morpholine rings is 2. The molecule has 100 valence electrons. The number of nitrogens with zero attached hydrogens (tertiary/aromatic N) is 2. The van der Waals surface area contributed by atoms with Gasteiger partial charge in [-0.05, 0) is 25.0 Å². The minimum atomic E-state index is 0.872. The minimum absolute atomic E-state index is 0.872. The Bertz CT molecular complexity index is 306. The molecule has 0 aromatic rings. The molecular formula is C14H22N2O2. The van der Waals surface area contributed by atoms with Gasteiger partial charge in [0.25, 0.3) is 0 Å². The van der Waals surface area contributed by atoms with E-state index in [4.69, 9.17) is 9.47 Å². The summed E-state index contributed by atoms with van der Waals surface area (Å²) in [4.78, 5) is 4.94. The van der Waals surface area contributed by atoms with Crippen LogP contribution in [-0.2, 0) is 9.47 Å². The summed E-state index contributed by atoms with van der Waals surface area (Å²) in [5.74, 6) is 0. The SMILES string of the molecule is C1=C(N2CCOCC2)CCC(N2CCOCC2)=C1. The van der Waals surface area contributed by atoms with E-state index in [9.17, 15) is 0 Å². The highest BCUT2D eigenvalue weighted by Crippen LogP contribution is 2.24. The number of rotatable bonds is 2. The summed E-state index contributed by atoms with van der Waals surface area (Å²) in [5, 5.41) is 0. The van der Waals surface area contributed by atoms with Gasteiger partial charge in [-0.25, -0.2) is 0 Å². The van der Waals surface area contributed by atoms with Crippen LogP contribution in [0, 0.1) is 0 Å². The predicted molar refractivity (Wildman–Crippen MR) is 70.2 cm³/mol. The minimum Gasteiger partial charge on any atom is -0.378 e. The van der Waals surface area contributed by atoms with Crippen molar-refractivity contribution in [3.05, 3.63) is 23.5 Å². The van der Waals surface area contributed by atoms with Crippen molar-refractivity contribution in [2.75, 3.05) is 52.6 Å². The predicted octanol–water partition coefficient (Wildman–Crippen LogP) is 1.21. The third-order valence-corrected chi connectivity index (χ3v) is 3.94. The topological polar surface area (TPSA) is 24.9 Å². The van der Waals surface area contributed by atoms with Gasteiger partial charge < -0.3 is 19.3 Å². The first-order chi connectivity index (χ1) is 8.93. The van der Waals surface area contributed by atoms with Gasteiger partial charge in [0.2, 0.25) is 0 Å². The molecule has 0 atom stereocenters. The van der Waals surface area contributed by atoms with E-state index in [-0.39, 0.29) is 0 Å². The maximum Gasteiger partial charge on any atom is 0.0642 e. The number of ether oxygens (including phenoxy) is 2. The summed E-state index contributed by atoms with van der Waals surface area (Å²) >= 11 is 0. The van der Waals surface area contributed by atoms with E-state index in [2.05, 4.69) is 22.0 Å². The summed E-state index contributed by atoms with van der Waals surface area (Å²) in [5.41, 5.74) is 2.96. The van der Waals surface area contributed by atoms with Crippen molar-refractivity contribution < 1.29 is 9.47 Å². The van der Waals surface area contributed by atoms with Gasteiger partial charge in [0.1, 0.15) is 0 Å². The van der Waals surface area contributed by atoms with Crippen molar-refractivity contribution in [1.82, 2.24) is 9.80 Å². The van der Waals surface area contributed by atoms with Crippen LogP contribution in [0.25, 0.3) is 0 Å². The maximum absolute atomic E-state index is 5.40. The quantitative estimate of drug-likeness (QED) is 0.735. The standard InChI is InChI=1S/C14H22N2O2/c1-2-14(16-7-11-18-12-8-16)4-3-13(1)15-5-9-17-10-6-15/h1-2H,3-12H2. The van der Waals surface area contributed by atoms with Crippen molar-refractivity contribution in [1.29, 1.82) is 0 Å². The highest BCUT2D eigenvalue weighted by atomic mass is 16.5. The first-order valence-electron chi connectivity index (χ1n) is 6.98. The van der Waals surface area contributed by atoms with Crippen LogP contribution < -0.4 is 0 Å². The fraction of sp³-hybridized carbons (Fsp3) is 0.714. The lowest BCUT2D eigenvalue weighted by Crippen LogP contribution is -2.38. The molecule has 0 unspecified atom stereocenters. The lowest BCUT2D eigenvalue weighted by Gasteiger charge is -2.35. The Morgan fingerprint density at radius 1 is 0.667 bits per heavy atom. The Morgan fingerprint density at radius 2 is 1.06 bits per heavy atom. The van der Waals surface area contributed by atoms with Crippen molar-refractivity contribution in [3.63, 3.8) is 0 Å².